The van der Waals surface area contributed by atoms with Gasteiger partial charge in [0.1, 0.15) is 12.9 Å². The predicted octanol–water partition coefficient (Wildman–Crippen LogP) is 1.81. The standard InChI is InChI=1S/C14H19FN4O/c1-3-11(16)6-10-4-5-13(12(15)7-10)20-8-14-17-9-18-19(14)2/h4-5,7,9,11H,3,6,8,16H2,1-2H3. The minimum Gasteiger partial charge on any atom is -0.483 e. The van der Waals surface area contributed by atoms with Crippen LogP contribution in [0.3, 0.4) is 0 Å². The molecule has 1 aromatic carbocycles. The van der Waals surface area contributed by atoms with E-state index in [0.717, 1.165) is 12.0 Å². The molecule has 0 spiro atoms. The molecule has 1 heterocycles. The maximum absolute atomic E-state index is 13.9. The van der Waals surface area contributed by atoms with E-state index in [1.807, 2.05) is 13.0 Å². The van der Waals surface area contributed by atoms with Crippen LogP contribution < -0.4 is 10.5 Å². The first-order valence-electron chi connectivity index (χ1n) is 6.59. The zero-order valence-electron chi connectivity index (χ0n) is 11.7. The van der Waals surface area contributed by atoms with E-state index in [1.165, 1.54) is 12.4 Å². The van der Waals surface area contributed by atoms with Crippen LogP contribution >= 0.6 is 0 Å². The summed E-state index contributed by atoms with van der Waals surface area (Å²) in [4.78, 5) is 4.02. The Morgan fingerprint density at radius 2 is 2.25 bits per heavy atom. The molecule has 1 unspecified atom stereocenters. The average Bonchev–Trinajstić information content (AvgIpc) is 2.83. The molecule has 1 aromatic heterocycles. The molecule has 0 saturated heterocycles. The molecule has 0 aliphatic carbocycles. The molecule has 0 fully saturated rings. The second kappa shape index (κ2) is 6.47. The first-order chi connectivity index (χ1) is 9.60. The summed E-state index contributed by atoms with van der Waals surface area (Å²) >= 11 is 0. The highest BCUT2D eigenvalue weighted by molar-refractivity contribution is 5.29. The van der Waals surface area contributed by atoms with Gasteiger partial charge in [-0.1, -0.05) is 13.0 Å². The van der Waals surface area contributed by atoms with Gasteiger partial charge in [-0.3, -0.25) is 4.68 Å². The van der Waals surface area contributed by atoms with Crippen molar-refractivity contribution in [3.63, 3.8) is 0 Å². The molecule has 2 rings (SSSR count). The smallest absolute Gasteiger partial charge is 0.165 e. The molecule has 0 aliphatic heterocycles. The zero-order chi connectivity index (χ0) is 14.5. The van der Waals surface area contributed by atoms with Crippen molar-refractivity contribution in [1.82, 2.24) is 14.8 Å². The Labute approximate surface area is 117 Å². The van der Waals surface area contributed by atoms with E-state index in [-0.39, 0.29) is 24.2 Å². The topological polar surface area (TPSA) is 66.0 Å². The van der Waals surface area contributed by atoms with Crippen LogP contribution in [-0.2, 0) is 20.1 Å². The molecule has 1 atom stereocenters. The van der Waals surface area contributed by atoms with E-state index in [4.69, 9.17) is 10.5 Å². The predicted molar refractivity (Wildman–Crippen MR) is 73.7 cm³/mol. The van der Waals surface area contributed by atoms with Gasteiger partial charge in [0.25, 0.3) is 0 Å². The molecule has 0 amide bonds. The highest BCUT2D eigenvalue weighted by Crippen LogP contribution is 2.20. The van der Waals surface area contributed by atoms with Gasteiger partial charge in [0.15, 0.2) is 17.4 Å². The molecule has 2 N–H and O–H groups in total. The van der Waals surface area contributed by atoms with Gasteiger partial charge in [0, 0.05) is 13.1 Å². The first kappa shape index (κ1) is 14.5. The summed E-state index contributed by atoms with van der Waals surface area (Å²) in [6.45, 7) is 2.20. The Morgan fingerprint density at radius 1 is 1.45 bits per heavy atom. The summed E-state index contributed by atoms with van der Waals surface area (Å²) in [5, 5.41) is 3.93. The van der Waals surface area contributed by atoms with Crippen molar-refractivity contribution < 1.29 is 9.13 Å². The summed E-state index contributed by atoms with van der Waals surface area (Å²) < 4.78 is 20.9. The van der Waals surface area contributed by atoms with Crippen LogP contribution in [0.15, 0.2) is 24.5 Å². The third-order valence-corrected chi connectivity index (χ3v) is 3.18. The second-order valence-corrected chi connectivity index (χ2v) is 4.73. The lowest BCUT2D eigenvalue weighted by molar-refractivity contribution is 0.275. The third-order valence-electron chi connectivity index (χ3n) is 3.18. The van der Waals surface area contributed by atoms with Crippen LogP contribution in [-0.4, -0.2) is 20.8 Å². The Bertz CT molecular complexity index is 570. The van der Waals surface area contributed by atoms with Gasteiger partial charge in [-0.05, 0) is 30.5 Å². The molecule has 0 aliphatic rings. The number of hydrogen-bond donors (Lipinski definition) is 1. The molecule has 5 nitrogen and oxygen atoms in total. The molecule has 20 heavy (non-hydrogen) atoms. The molecule has 0 radical (unpaired) electrons. The summed E-state index contributed by atoms with van der Waals surface area (Å²) in [6, 6.07) is 5.00. The van der Waals surface area contributed by atoms with Crippen molar-refractivity contribution in [3.05, 3.63) is 41.7 Å². The van der Waals surface area contributed by atoms with Gasteiger partial charge in [-0.2, -0.15) is 5.10 Å². The Morgan fingerprint density at radius 3 is 2.85 bits per heavy atom. The monoisotopic (exact) mass is 278 g/mol. The number of aromatic nitrogens is 3. The van der Waals surface area contributed by atoms with Crippen molar-refractivity contribution in [2.24, 2.45) is 12.8 Å². The number of halogens is 1. The summed E-state index contributed by atoms with van der Waals surface area (Å²) in [6.07, 6.45) is 2.97. The number of benzene rings is 1. The van der Waals surface area contributed by atoms with Crippen molar-refractivity contribution in [2.45, 2.75) is 32.4 Å². The van der Waals surface area contributed by atoms with Crippen molar-refractivity contribution in [2.75, 3.05) is 0 Å². The van der Waals surface area contributed by atoms with Crippen LogP contribution in [0.2, 0.25) is 0 Å². The Balaban J connectivity index is 2.01. The van der Waals surface area contributed by atoms with Crippen molar-refractivity contribution in [1.29, 1.82) is 0 Å². The fourth-order valence-electron chi connectivity index (χ4n) is 1.83. The maximum atomic E-state index is 13.9. The van der Waals surface area contributed by atoms with Gasteiger partial charge in [-0.25, -0.2) is 9.37 Å². The van der Waals surface area contributed by atoms with E-state index in [9.17, 15) is 4.39 Å². The number of aryl methyl sites for hydroxylation is 1. The average molecular weight is 278 g/mol. The molecular weight excluding hydrogens is 259 g/mol. The van der Waals surface area contributed by atoms with E-state index in [1.54, 1.807) is 17.8 Å². The largest absolute Gasteiger partial charge is 0.483 e. The maximum Gasteiger partial charge on any atom is 0.165 e. The Hall–Kier alpha value is -1.95. The highest BCUT2D eigenvalue weighted by atomic mass is 19.1. The molecule has 6 heteroatoms. The van der Waals surface area contributed by atoms with Crippen LogP contribution in [0.1, 0.15) is 24.7 Å². The lowest BCUT2D eigenvalue weighted by Crippen LogP contribution is -2.21. The zero-order valence-corrected chi connectivity index (χ0v) is 11.7. The van der Waals surface area contributed by atoms with Gasteiger partial charge >= 0.3 is 0 Å². The molecule has 0 saturated carbocycles. The first-order valence-corrected chi connectivity index (χ1v) is 6.59. The van der Waals surface area contributed by atoms with Crippen LogP contribution in [0.5, 0.6) is 5.75 Å². The molecule has 108 valence electrons. The van der Waals surface area contributed by atoms with E-state index in [2.05, 4.69) is 10.1 Å². The van der Waals surface area contributed by atoms with Crippen LogP contribution in [0.4, 0.5) is 4.39 Å². The van der Waals surface area contributed by atoms with Crippen molar-refractivity contribution >= 4 is 0 Å². The normalized spacial score (nSPS) is 12.4. The second-order valence-electron chi connectivity index (χ2n) is 4.73. The van der Waals surface area contributed by atoms with Gasteiger partial charge in [0.05, 0.1) is 0 Å². The van der Waals surface area contributed by atoms with E-state index in [0.29, 0.717) is 12.2 Å². The van der Waals surface area contributed by atoms with Crippen LogP contribution in [0.25, 0.3) is 0 Å². The van der Waals surface area contributed by atoms with Gasteiger partial charge < -0.3 is 10.5 Å². The highest BCUT2D eigenvalue weighted by Gasteiger charge is 2.09. The molecule has 2 aromatic rings. The quantitative estimate of drug-likeness (QED) is 0.875. The molecular formula is C14H19FN4O. The lowest BCUT2D eigenvalue weighted by atomic mass is 10.0. The fourth-order valence-corrected chi connectivity index (χ4v) is 1.83. The minimum absolute atomic E-state index is 0.0554. The number of rotatable bonds is 6. The third kappa shape index (κ3) is 3.54. The van der Waals surface area contributed by atoms with E-state index >= 15 is 0 Å². The number of nitrogens with zero attached hydrogens (tertiary/aromatic N) is 3. The molecule has 0 bridgehead atoms. The number of nitrogens with two attached hydrogens (primary N) is 1. The van der Waals surface area contributed by atoms with E-state index < -0.39 is 0 Å². The van der Waals surface area contributed by atoms with Crippen LogP contribution in [0, 0.1) is 5.82 Å². The van der Waals surface area contributed by atoms with Gasteiger partial charge in [0.2, 0.25) is 0 Å². The number of hydrogen-bond acceptors (Lipinski definition) is 4. The SMILES string of the molecule is CCC(N)Cc1ccc(OCc2ncnn2C)c(F)c1. The van der Waals surface area contributed by atoms with Gasteiger partial charge in [-0.15, -0.1) is 0 Å². The summed E-state index contributed by atoms with van der Waals surface area (Å²) in [7, 11) is 1.76. The number of ether oxygens (including phenoxy) is 1. The van der Waals surface area contributed by atoms with Crippen molar-refractivity contribution in [3.8, 4) is 5.75 Å². The summed E-state index contributed by atoms with van der Waals surface area (Å²) in [5.74, 6) is 0.469. The summed E-state index contributed by atoms with van der Waals surface area (Å²) in [5.41, 5.74) is 6.74. The minimum atomic E-state index is -0.382. The fraction of sp³-hybridized carbons (Fsp3) is 0.429. The lowest BCUT2D eigenvalue weighted by Gasteiger charge is -2.11. The Kier molecular flexibility index (Phi) is 4.68.